The Hall–Kier alpha value is -2.84. The summed E-state index contributed by atoms with van der Waals surface area (Å²) in [5.41, 5.74) is 2.55. The van der Waals surface area contributed by atoms with E-state index < -0.39 is 0 Å². The largest absolute Gasteiger partial charge is 0.339 e. The molecular formula is C21H22ClN5O2S. The molecule has 2 amide bonds. The van der Waals surface area contributed by atoms with Crippen LogP contribution in [-0.4, -0.2) is 45.0 Å². The maximum atomic E-state index is 12.5. The van der Waals surface area contributed by atoms with Crippen molar-refractivity contribution in [2.75, 3.05) is 18.4 Å². The molecule has 0 fully saturated rings. The number of amides is 2. The summed E-state index contributed by atoms with van der Waals surface area (Å²) in [5.74, 6) is 0.347. The fourth-order valence-electron chi connectivity index (χ4n) is 2.82. The molecule has 30 heavy (non-hydrogen) atoms. The molecule has 156 valence electrons. The van der Waals surface area contributed by atoms with Crippen molar-refractivity contribution < 1.29 is 9.59 Å². The molecule has 0 saturated heterocycles. The number of thioether (sulfide) groups is 1. The van der Waals surface area contributed by atoms with Crippen LogP contribution in [-0.2, 0) is 5.75 Å². The lowest BCUT2D eigenvalue weighted by atomic mass is 10.1. The second-order valence-corrected chi connectivity index (χ2v) is 7.77. The highest BCUT2D eigenvalue weighted by Gasteiger charge is 2.16. The summed E-state index contributed by atoms with van der Waals surface area (Å²) in [6.07, 6.45) is 1.47. The van der Waals surface area contributed by atoms with Gasteiger partial charge in [0.25, 0.3) is 11.8 Å². The van der Waals surface area contributed by atoms with E-state index in [9.17, 15) is 9.59 Å². The van der Waals surface area contributed by atoms with Gasteiger partial charge in [0.15, 0.2) is 5.16 Å². The monoisotopic (exact) mass is 443 g/mol. The Morgan fingerprint density at radius 1 is 1.13 bits per heavy atom. The predicted molar refractivity (Wildman–Crippen MR) is 119 cm³/mol. The van der Waals surface area contributed by atoms with Gasteiger partial charge in [-0.15, -0.1) is 0 Å². The molecule has 0 bridgehead atoms. The fourth-order valence-corrected chi connectivity index (χ4v) is 3.81. The first-order valence-corrected chi connectivity index (χ1v) is 10.9. The number of aromatic nitrogens is 3. The fraction of sp³-hybridized carbons (Fsp3) is 0.238. The molecule has 0 aliphatic heterocycles. The maximum absolute atomic E-state index is 12.5. The van der Waals surface area contributed by atoms with Crippen molar-refractivity contribution in [3.05, 3.63) is 70.5 Å². The standard InChI is InChI=1S/C21H22ClN5O2S/c1-3-27(4-2)20(29)17-10-9-16(11-18(17)22)25-19(28)15-7-5-14(6-8-15)12-30-21-23-13-24-26-21/h5-11,13H,3-4,12H2,1-2H3,(H,25,28)(H,23,24,26). The maximum Gasteiger partial charge on any atom is 0.255 e. The molecule has 2 aromatic carbocycles. The van der Waals surface area contributed by atoms with Gasteiger partial charge in [-0.25, -0.2) is 4.98 Å². The highest BCUT2D eigenvalue weighted by molar-refractivity contribution is 7.98. The number of aromatic amines is 1. The molecule has 0 atom stereocenters. The quantitative estimate of drug-likeness (QED) is 0.500. The van der Waals surface area contributed by atoms with Crippen molar-refractivity contribution in [1.82, 2.24) is 20.1 Å². The third-order valence-electron chi connectivity index (χ3n) is 4.49. The molecule has 1 heterocycles. The second-order valence-electron chi connectivity index (χ2n) is 6.40. The highest BCUT2D eigenvalue weighted by Crippen LogP contribution is 2.23. The SMILES string of the molecule is CCN(CC)C(=O)c1ccc(NC(=O)c2ccc(CSc3ncn[nH]3)cc2)cc1Cl. The first-order chi connectivity index (χ1) is 14.5. The summed E-state index contributed by atoms with van der Waals surface area (Å²) in [6.45, 7) is 5.05. The van der Waals surface area contributed by atoms with E-state index in [1.54, 1.807) is 35.2 Å². The minimum absolute atomic E-state index is 0.123. The third-order valence-corrected chi connectivity index (χ3v) is 5.75. The van der Waals surface area contributed by atoms with E-state index in [0.29, 0.717) is 40.7 Å². The van der Waals surface area contributed by atoms with E-state index in [-0.39, 0.29) is 11.8 Å². The van der Waals surface area contributed by atoms with Crippen LogP contribution in [0, 0.1) is 0 Å². The Bertz CT molecular complexity index is 1000. The smallest absolute Gasteiger partial charge is 0.255 e. The Kier molecular flexibility index (Phi) is 7.48. The Morgan fingerprint density at radius 3 is 2.47 bits per heavy atom. The molecule has 2 N–H and O–H groups in total. The highest BCUT2D eigenvalue weighted by atomic mass is 35.5. The van der Waals surface area contributed by atoms with Crippen molar-refractivity contribution in [2.24, 2.45) is 0 Å². The number of halogens is 1. The number of carbonyl (C=O) groups excluding carboxylic acids is 2. The van der Waals surface area contributed by atoms with Gasteiger partial charge in [0, 0.05) is 30.1 Å². The van der Waals surface area contributed by atoms with Gasteiger partial charge in [-0.3, -0.25) is 14.7 Å². The minimum atomic E-state index is -0.247. The number of carbonyl (C=O) groups is 2. The molecule has 3 rings (SSSR count). The number of nitrogens with one attached hydrogen (secondary N) is 2. The van der Waals surface area contributed by atoms with Gasteiger partial charge < -0.3 is 10.2 Å². The van der Waals surface area contributed by atoms with Gasteiger partial charge in [-0.1, -0.05) is 35.5 Å². The predicted octanol–water partition coefficient (Wildman–Crippen LogP) is 4.48. The van der Waals surface area contributed by atoms with Crippen molar-refractivity contribution in [1.29, 1.82) is 0 Å². The molecule has 1 aromatic heterocycles. The Balaban J connectivity index is 1.62. The Morgan fingerprint density at radius 2 is 1.87 bits per heavy atom. The molecule has 0 unspecified atom stereocenters. The summed E-state index contributed by atoms with van der Waals surface area (Å²) >= 11 is 7.83. The average molecular weight is 444 g/mol. The second kappa shape index (κ2) is 10.3. The van der Waals surface area contributed by atoms with Gasteiger partial charge in [0.1, 0.15) is 6.33 Å². The van der Waals surface area contributed by atoms with Crippen LogP contribution in [0.4, 0.5) is 5.69 Å². The van der Waals surface area contributed by atoms with Gasteiger partial charge in [-0.05, 0) is 49.7 Å². The van der Waals surface area contributed by atoms with Crippen LogP contribution < -0.4 is 5.32 Å². The van der Waals surface area contributed by atoms with Crippen molar-refractivity contribution in [3.63, 3.8) is 0 Å². The molecule has 7 nitrogen and oxygen atoms in total. The van der Waals surface area contributed by atoms with Crippen molar-refractivity contribution >= 4 is 40.9 Å². The summed E-state index contributed by atoms with van der Waals surface area (Å²) in [6, 6.07) is 12.3. The minimum Gasteiger partial charge on any atom is -0.339 e. The van der Waals surface area contributed by atoms with E-state index in [2.05, 4.69) is 20.5 Å². The number of anilines is 1. The van der Waals surface area contributed by atoms with Crippen LogP contribution in [0.15, 0.2) is 53.9 Å². The molecule has 0 aliphatic carbocycles. The number of H-pyrrole nitrogens is 1. The zero-order valence-electron chi connectivity index (χ0n) is 16.7. The number of hydrogen-bond donors (Lipinski definition) is 2. The summed E-state index contributed by atoms with van der Waals surface area (Å²) in [5, 5.41) is 10.5. The first kappa shape index (κ1) is 21.9. The molecule has 3 aromatic rings. The van der Waals surface area contributed by atoms with Crippen LogP contribution in [0.25, 0.3) is 0 Å². The van der Waals surface area contributed by atoms with Crippen molar-refractivity contribution in [3.8, 4) is 0 Å². The topological polar surface area (TPSA) is 91.0 Å². The normalized spacial score (nSPS) is 10.6. The molecule has 9 heteroatoms. The molecule has 0 aliphatic rings. The Labute approximate surface area is 184 Å². The number of hydrogen-bond acceptors (Lipinski definition) is 5. The third kappa shape index (κ3) is 5.40. The average Bonchev–Trinajstić information content (AvgIpc) is 3.27. The van der Waals surface area contributed by atoms with E-state index in [1.807, 2.05) is 26.0 Å². The van der Waals surface area contributed by atoms with Gasteiger partial charge >= 0.3 is 0 Å². The van der Waals surface area contributed by atoms with E-state index >= 15 is 0 Å². The summed E-state index contributed by atoms with van der Waals surface area (Å²) in [4.78, 5) is 30.8. The van der Waals surface area contributed by atoms with Crippen LogP contribution in [0.2, 0.25) is 5.02 Å². The van der Waals surface area contributed by atoms with E-state index in [0.717, 1.165) is 10.7 Å². The van der Waals surface area contributed by atoms with Crippen LogP contribution in [0.1, 0.15) is 40.1 Å². The first-order valence-electron chi connectivity index (χ1n) is 9.49. The zero-order chi connectivity index (χ0) is 21.5. The van der Waals surface area contributed by atoms with Gasteiger partial charge in [0.05, 0.1) is 10.6 Å². The molecule has 0 radical (unpaired) electrons. The lowest BCUT2D eigenvalue weighted by Crippen LogP contribution is -2.30. The van der Waals surface area contributed by atoms with Crippen molar-refractivity contribution in [2.45, 2.75) is 24.8 Å². The zero-order valence-corrected chi connectivity index (χ0v) is 18.3. The molecular weight excluding hydrogens is 422 g/mol. The van der Waals surface area contributed by atoms with Gasteiger partial charge in [0.2, 0.25) is 0 Å². The number of rotatable bonds is 8. The summed E-state index contributed by atoms with van der Waals surface area (Å²) < 4.78 is 0. The van der Waals surface area contributed by atoms with E-state index in [4.69, 9.17) is 11.6 Å². The van der Waals surface area contributed by atoms with Crippen LogP contribution in [0.3, 0.4) is 0 Å². The van der Waals surface area contributed by atoms with Gasteiger partial charge in [-0.2, -0.15) is 5.10 Å². The molecule has 0 spiro atoms. The lowest BCUT2D eigenvalue weighted by molar-refractivity contribution is 0.0773. The number of nitrogens with zero attached hydrogens (tertiary/aromatic N) is 3. The van der Waals surface area contributed by atoms with E-state index in [1.165, 1.54) is 18.1 Å². The lowest BCUT2D eigenvalue weighted by Gasteiger charge is -2.19. The van der Waals surface area contributed by atoms with Crippen LogP contribution >= 0.6 is 23.4 Å². The summed E-state index contributed by atoms with van der Waals surface area (Å²) in [7, 11) is 0. The number of benzene rings is 2. The van der Waals surface area contributed by atoms with Crippen LogP contribution in [0.5, 0.6) is 0 Å². The molecule has 0 saturated carbocycles.